The minimum atomic E-state index is -0.365. The van der Waals surface area contributed by atoms with Gasteiger partial charge in [-0.15, -0.1) is 0 Å². The zero-order chi connectivity index (χ0) is 15.5. The van der Waals surface area contributed by atoms with E-state index in [0.29, 0.717) is 11.4 Å². The van der Waals surface area contributed by atoms with Gasteiger partial charge >= 0.3 is 0 Å². The highest BCUT2D eigenvalue weighted by Crippen LogP contribution is 2.15. The van der Waals surface area contributed by atoms with E-state index in [1.807, 2.05) is 0 Å². The lowest BCUT2D eigenvalue weighted by atomic mass is 10.1. The first-order chi connectivity index (χ1) is 10.7. The Balaban J connectivity index is 1.78. The third-order valence-corrected chi connectivity index (χ3v) is 4.08. The summed E-state index contributed by atoms with van der Waals surface area (Å²) in [7, 11) is 1.81. The molecule has 5 nitrogen and oxygen atoms in total. The molecule has 0 saturated carbocycles. The molecule has 0 bridgehead atoms. The molecule has 1 saturated heterocycles. The van der Waals surface area contributed by atoms with Gasteiger partial charge in [-0.2, -0.15) is 5.10 Å². The second-order valence-electron chi connectivity index (χ2n) is 5.49. The number of benzene rings is 1. The second-order valence-corrected chi connectivity index (χ2v) is 5.49. The van der Waals surface area contributed by atoms with Crippen LogP contribution in [0.3, 0.4) is 0 Å². The molecule has 3 rings (SSSR count). The topological polar surface area (TPSA) is 50.2 Å². The number of nitrogens with one attached hydrogen (secondary N) is 1. The van der Waals surface area contributed by atoms with Gasteiger partial charge in [-0.25, -0.2) is 9.07 Å². The molecule has 116 valence electrons. The third kappa shape index (κ3) is 2.87. The molecule has 2 aromatic rings. The molecule has 2 heterocycles. The van der Waals surface area contributed by atoms with Crippen molar-refractivity contribution in [2.75, 3.05) is 20.1 Å². The molecule has 0 spiro atoms. The lowest BCUT2D eigenvalue weighted by Gasteiger charge is -2.31. The van der Waals surface area contributed by atoms with E-state index in [4.69, 9.17) is 0 Å². The fourth-order valence-electron chi connectivity index (χ4n) is 2.75. The molecule has 0 radical (unpaired) electrons. The largest absolute Gasteiger partial charge is 0.337 e. The van der Waals surface area contributed by atoms with Crippen molar-refractivity contribution >= 4 is 5.91 Å². The number of hydrogen-bond donors (Lipinski definition) is 1. The van der Waals surface area contributed by atoms with E-state index in [1.54, 1.807) is 42.4 Å². The lowest BCUT2D eigenvalue weighted by molar-refractivity contribution is 0.0696. The van der Waals surface area contributed by atoms with Crippen molar-refractivity contribution in [1.29, 1.82) is 0 Å². The van der Waals surface area contributed by atoms with E-state index in [-0.39, 0.29) is 17.8 Å². The summed E-state index contributed by atoms with van der Waals surface area (Å²) < 4.78 is 15.2. The normalized spacial score (nSPS) is 15.7. The number of piperidine rings is 1. The number of hydrogen-bond acceptors (Lipinski definition) is 3. The molecular weight excluding hydrogens is 283 g/mol. The highest BCUT2D eigenvalue weighted by atomic mass is 19.1. The Bertz CT molecular complexity index is 664. The van der Waals surface area contributed by atoms with Crippen molar-refractivity contribution in [3.8, 4) is 5.69 Å². The van der Waals surface area contributed by atoms with Crippen LogP contribution in [0.15, 0.2) is 36.5 Å². The van der Waals surface area contributed by atoms with Gasteiger partial charge in [0.2, 0.25) is 0 Å². The third-order valence-electron chi connectivity index (χ3n) is 4.08. The summed E-state index contributed by atoms with van der Waals surface area (Å²) >= 11 is 0. The molecule has 0 aliphatic carbocycles. The van der Waals surface area contributed by atoms with Crippen LogP contribution in [-0.2, 0) is 0 Å². The van der Waals surface area contributed by atoms with Gasteiger partial charge in [0.25, 0.3) is 5.91 Å². The number of nitrogens with zero attached hydrogens (tertiary/aromatic N) is 3. The average Bonchev–Trinajstić information content (AvgIpc) is 3.04. The van der Waals surface area contributed by atoms with Gasteiger partial charge in [-0.1, -0.05) is 12.1 Å². The fraction of sp³-hybridized carbons (Fsp3) is 0.375. The van der Waals surface area contributed by atoms with Crippen LogP contribution in [0.25, 0.3) is 5.69 Å². The molecule has 0 unspecified atom stereocenters. The highest BCUT2D eigenvalue weighted by Gasteiger charge is 2.24. The summed E-state index contributed by atoms with van der Waals surface area (Å²) in [4.78, 5) is 14.3. The fourth-order valence-corrected chi connectivity index (χ4v) is 2.75. The number of rotatable bonds is 3. The second kappa shape index (κ2) is 6.27. The first kappa shape index (κ1) is 14.7. The van der Waals surface area contributed by atoms with Gasteiger partial charge in [0.1, 0.15) is 11.5 Å². The predicted molar refractivity (Wildman–Crippen MR) is 81.5 cm³/mol. The SMILES string of the molecule is CN(C(=O)c1ccn(-c2ccccc2F)n1)C1CCNCC1. The van der Waals surface area contributed by atoms with E-state index in [1.165, 1.54) is 10.7 Å². The number of aromatic nitrogens is 2. The Labute approximate surface area is 128 Å². The Hall–Kier alpha value is -2.21. The van der Waals surface area contributed by atoms with Gasteiger partial charge < -0.3 is 10.2 Å². The Morgan fingerprint density at radius 3 is 2.77 bits per heavy atom. The standard InChI is InChI=1S/C16H19FN4O/c1-20(12-6-9-18-10-7-12)16(22)14-8-11-21(19-14)15-5-3-2-4-13(15)17/h2-5,8,11-12,18H,6-7,9-10H2,1H3. The molecule has 1 fully saturated rings. The maximum Gasteiger partial charge on any atom is 0.274 e. The summed E-state index contributed by atoms with van der Waals surface area (Å²) in [6.07, 6.45) is 3.49. The van der Waals surface area contributed by atoms with Crippen molar-refractivity contribution in [1.82, 2.24) is 20.0 Å². The van der Waals surface area contributed by atoms with Crippen LogP contribution in [0.1, 0.15) is 23.3 Å². The molecule has 1 amide bonds. The highest BCUT2D eigenvalue weighted by molar-refractivity contribution is 5.92. The van der Waals surface area contributed by atoms with Crippen molar-refractivity contribution in [2.24, 2.45) is 0 Å². The summed E-state index contributed by atoms with van der Waals surface area (Å²) in [5.74, 6) is -0.488. The zero-order valence-electron chi connectivity index (χ0n) is 12.5. The van der Waals surface area contributed by atoms with Crippen molar-refractivity contribution < 1.29 is 9.18 Å². The molecule has 22 heavy (non-hydrogen) atoms. The number of para-hydroxylation sites is 1. The van der Waals surface area contributed by atoms with Crippen molar-refractivity contribution in [3.63, 3.8) is 0 Å². The minimum absolute atomic E-state index is 0.123. The van der Waals surface area contributed by atoms with Gasteiger partial charge in [0.15, 0.2) is 5.69 Å². The first-order valence-electron chi connectivity index (χ1n) is 7.45. The van der Waals surface area contributed by atoms with Crippen molar-refractivity contribution in [3.05, 3.63) is 48.0 Å². The molecule has 1 aromatic heterocycles. The van der Waals surface area contributed by atoms with Crippen LogP contribution in [0.5, 0.6) is 0 Å². The van der Waals surface area contributed by atoms with Crippen LogP contribution in [-0.4, -0.2) is 46.8 Å². The summed E-state index contributed by atoms with van der Waals surface area (Å²) in [5, 5.41) is 7.51. The molecule has 6 heteroatoms. The van der Waals surface area contributed by atoms with E-state index in [9.17, 15) is 9.18 Å². The number of amides is 1. The van der Waals surface area contributed by atoms with E-state index < -0.39 is 0 Å². The number of carbonyl (C=O) groups excluding carboxylic acids is 1. The van der Waals surface area contributed by atoms with Crippen LogP contribution in [0.2, 0.25) is 0 Å². The monoisotopic (exact) mass is 302 g/mol. The van der Waals surface area contributed by atoms with Crippen LogP contribution in [0.4, 0.5) is 4.39 Å². The van der Waals surface area contributed by atoms with Gasteiger partial charge in [-0.05, 0) is 44.1 Å². The minimum Gasteiger partial charge on any atom is -0.337 e. The van der Waals surface area contributed by atoms with E-state index in [0.717, 1.165) is 25.9 Å². The van der Waals surface area contributed by atoms with Crippen LogP contribution < -0.4 is 5.32 Å². The first-order valence-corrected chi connectivity index (χ1v) is 7.45. The van der Waals surface area contributed by atoms with Gasteiger partial charge in [-0.3, -0.25) is 4.79 Å². The molecule has 0 atom stereocenters. The summed E-state index contributed by atoms with van der Waals surface area (Å²) in [6, 6.07) is 8.23. The summed E-state index contributed by atoms with van der Waals surface area (Å²) in [6.45, 7) is 1.85. The van der Waals surface area contributed by atoms with Gasteiger partial charge in [0, 0.05) is 19.3 Å². The molecule has 1 N–H and O–H groups in total. The number of halogens is 1. The maximum atomic E-state index is 13.8. The maximum absolute atomic E-state index is 13.8. The number of carbonyl (C=O) groups is 1. The van der Waals surface area contributed by atoms with Gasteiger partial charge in [0.05, 0.1) is 0 Å². The molecule has 1 aliphatic heterocycles. The van der Waals surface area contributed by atoms with E-state index >= 15 is 0 Å². The predicted octanol–water partition coefficient (Wildman–Crippen LogP) is 1.84. The smallest absolute Gasteiger partial charge is 0.274 e. The molecule has 1 aliphatic rings. The van der Waals surface area contributed by atoms with Crippen molar-refractivity contribution in [2.45, 2.75) is 18.9 Å². The zero-order valence-corrected chi connectivity index (χ0v) is 12.5. The Kier molecular flexibility index (Phi) is 4.20. The molecule has 1 aromatic carbocycles. The Morgan fingerprint density at radius 2 is 2.05 bits per heavy atom. The average molecular weight is 302 g/mol. The van der Waals surface area contributed by atoms with Crippen LogP contribution in [0, 0.1) is 5.82 Å². The summed E-state index contributed by atoms with van der Waals surface area (Å²) in [5.41, 5.74) is 0.676. The lowest BCUT2D eigenvalue weighted by Crippen LogP contribution is -2.44. The molecular formula is C16H19FN4O. The Morgan fingerprint density at radius 1 is 1.32 bits per heavy atom. The van der Waals surface area contributed by atoms with Crippen LogP contribution >= 0.6 is 0 Å². The van der Waals surface area contributed by atoms with E-state index in [2.05, 4.69) is 10.4 Å². The quantitative estimate of drug-likeness (QED) is 0.941.